The molecule has 0 saturated carbocycles. The summed E-state index contributed by atoms with van der Waals surface area (Å²) in [5.41, 5.74) is 12.6. The summed E-state index contributed by atoms with van der Waals surface area (Å²) in [6.45, 7) is 4.88. The summed E-state index contributed by atoms with van der Waals surface area (Å²) in [5, 5.41) is 5.02. The minimum absolute atomic E-state index is 0.0151. The maximum atomic E-state index is 13.3. The molecule has 3 atom stereocenters. The fourth-order valence-corrected chi connectivity index (χ4v) is 4.94. The second kappa shape index (κ2) is 11.3. The average Bonchev–Trinajstić information content (AvgIpc) is 3.31. The van der Waals surface area contributed by atoms with E-state index in [-0.39, 0.29) is 23.7 Å². The van der Waals surface area contributed by atoms with Crippen LogP contribution >= 0.6 is 0 Å². The molecule has 178 valence electrons. The third-order valence-electron chi connectivity index (χ3n) is 6.86. The summed E-state index contributed by atoms with van der Waals surface area (Å²) < 4.78 is 0. The number of nitrogens with one attached hydrogen (secondary N) is 1. The van der Waals surface area contributed by atoms with E-state index in [0.29, 0.717) is 25.9 Å². The molecule has 2 aromatic carbocycles. The van der Waals surface area contributed by atoms with E-state index in [1.54, 1.807) is 4.90 Å². The lowest BCUT2D eigenvalue weighted by molar-refractivity contribution is -0.142. The molecule has 3 rings (SSSR count). The first kappa shape index (κ1) is 24.7. The number of nitrogens with two attached hydrogens (primary N) is 2. The number of primary amides is 1. The Morgan fingerprint density at radius 2 is 1.79 bits per heavy atom. The van der Waals surface area contributed by atoms with Crippen LogP contribution in [0.3, 0.4) is 0 Å². The Morgan fingerprint density at radius 1 is 1.09 bits per heavy atom. The van der Waals surface area contributed by atoms with Gasteiger partial charge in [-0.3, -0.25) is 14.4 Å². The molecule has 0 spiro atoms. The van der Waals surface area contributed by atoms with Crippen LogP contribution in [0.5, 0.6) is 0 Å². The van der Waals surface area contributed by atoms with Gasteiger partial charge in [0.25, 0.3) is 0 Å². The lowest BCUT2D eigenvalue weighted by Gasteiger charge is -2.31. The molecule has 33 heavy (non-hydrogen) atoms. The van der Waals surface area contributed by atoms with Gasteiger partial charge in [-0.15, -0.1) is 0 Å². The molecule has 7 nitrogen and oxygen atoms in total. The average molecular weight is 453 g/mol. The molecule has 1 aliphatic rings. The summed E-state index contributed by atoms with van der Waals surface area (Å²) in [4.78, 5) is 40.4. The number of hydrogen-bond acceptors (Lipinski definition) is 4. The van der Waals surface area contributed by atoms with Crippen LogP contribution in [0.15, 0.2) is 42.5 Å². The first-order valence-electron chi connectivity index (χ1n) is 12.0. The van der Waals surface area contributed by atoms with Gasteiger partial charge in [-0.1, -0.05) is 56.3 Å². The Kier molecular flexibility index (Phi) is 8.44. The van der Waals surface area contributed by atoms with Crippen molar-refractivity contribution in [1.29, 1.82) is 0 Å². The Hall–Kier alpha value is -2.93. The van der Waals surface area contributed by atoms with E-state index in [9.17, 15) is 14.4 Å². The normalized spacial score (nSPS) is 17.8. The van der Waals surface area contributed by atoms with Gasteiger partial charge in [0.1, 0.15) is 12.1 Å². The van der Waals surface area contributed by atoms with E-state index in [1.807, 2.05) is 56.3 Å². The highest BCUT2D eigenvalue weighted by Gasteiger charge is 2.38. The molecule has 3 amide bonds. The molecule has 0 aromatic heterocycles. The summed E-state index contributed by atoms with van der Waals surface area (Å²) >= 11 is 0. The largest absolute Gasteiger partial charge is 0.368 e. The standard InChI is InChI=1S/C26H36N4O3/c1-3-17(4-2)26(33)30-15-7-10-22(30)25(32)29-23(24(28)31)21(13-14-27)20-12-11-18-8-5-6-9-19(18)16-20/h5-6,8-9,11-12,16-17,21-23H,3-4,7,10,13-15,27H2,1-2H3,(H2,28,31)(H,29,32). The lowest BCUT2D eigenvalue weighted by Crippen LogP contribution is -2.55. The van der Waals surface area contributed by atoms with E-state index < -0.39 is 18.0 Å². The van der Waals surface area contributed by atoms with Gasteiger partial charge in [-0.25, -0.2) is 0 Å². The summed E-state index contributed by atoms with van der Waals surface area (Å²) in [5.74, 6) is -1.36. The summed E-state index contributed by atoms with van der Waals surface area (Å²) in [7, 11) is 0. The number of rotatable bonds is 10. The van der Waals surface area contributed by atoms with Gasteiger partial charge in [0.2, 0.25) is 17.7 Å². The topological polar surface area (TPSA) is 119 Å². The van der Waals surface area contributed by atoms with E-state index >= 15 is 0 Å². The van der Waals surface area contributed by atoms with Gasteiger partial charge >= 0.3 is 0 Å². The third-order valence-corrected chi connectivity index (χ3v) is 6.86. The molecule has 1 aliphatic heterocycles. The van der Waals surface area contributed by atoms with E-state index in [1.165, 1.54) is 0 Å². The van der Waals surface area contributed by atoms with Crippen molar-refractivity contribution in [1.82, 2.24) is 10.2 Å². The van der Waals surface area contributed by atoms with Gasteiger partial charge < -0.3 is 21.7 Å². The van der Waals surface area contributed by atoms with Gasteiger partial charge in [-0.05, 0) is 55.0 Å². The quantitative estimate of drug-likeness (QED) is 0.513. The molecule has 2 aromatic rings. The van der Waals surface area contributed by atoms with Crippen LogP contribution in [0.25, 0.3) is 10.8 Å². The van der Waals surface area contributed by atoms with Gasteiger partial charge in [-0.2, -0.15) is 0 Å². The zero-order valence-electron chi connectivity index (χ0n) is 19.6. The van der Waals surface area contributed by atoms with Crippen LogP contribution in [0.2, 0.25) is 0 Å². The second-order valence-electron chi connectivity index (χ2n) is 8.88. The second-order valence-corrected chi connectivity index (χ2v) is 8.88. The van der Waals surface area contributed by atoms with E-state index in [0.717, 1.165) is 35.6 Å². The maximum absolute atomic E-state index is 13.3. The number of fused-ring (bicyclic) bond motifs is 1. The van der Waals surface area contributed by atoms with Gasteiger partial charge in [0.15, 0.2) is 0 Å². The Balaban J connectivity index is 1.84. The van der Waals surface area contributed by atoms with Gasteiger partial charge in [0.05, 0.1) is 0 Å². The van der Waals surface area contributed by atoms with Crippen LogP contribution in [-0.4, -0.2) is 47.8 Å². The number of nitrogens with zero attached hydrogens (tertiary/aromatic N) is 1. The van der Waals surface area contributed by atoms with E-state index in [2.05, 4.69) is 5.32 Å². The van der Waals surface area contributed by atoms with Crippen molar-refractivity contribution >= 4 is 28.5 Å². The predicted octanol–water partition coefficient (Wildman–Crippen LogP) is 2.67. The highest BCUT2D eigenvalue weighted by Crippen LogP contribution is 2.28. The minimum atomic E-state index is -0.909. The zero-order valence-corrected chi connectivity index (χ0v) is 19.6. The van der Waals surface area contributed by atoms with Crippen molar-refractivity contribution in [3.8, 4) is 0 Å². The first-order chi connectivity index (χ1) is 15.9. The molecule has 3 unspecified atom stereocenters. The number of likely N-dealkylation sites (tertiary alicyclic amines) is 1. The maximum Gasteiger partial charge on any atom is 0.243 e. The molecule has 1 saturated heterocycles. The SMILES string of the molecule is CCC(CC)C(=O)N1CCCC1C(=O)NC(C(N)=O)C(CCN)c1ccc2ccccc2c1. The highest BCUT2D eigenvalue weighted by molar-refractivity contribution is 5.93. The minimum Gasteiger partial charge on any atom is -0.368 e. The Bertz CT molecular complexity index is 988. The molecule has 5 N–H and O–H groups in total. The fourth-order valence-electron chi connectivity index (χ4n) is 4.94. The molecule has 0 aliphatic carbocycles. The van der Waals surface area contributed by atoms with Crippen molar-refractivity contribution in [2.45, 2.75) is 64.0 Å². The van der Waals surface area contributed by atoms with Crippen molar-refractivity contribution in [3.63, 3.8) is 0 Å². The fraction of sp³-hybridized carbons (Fsp3) is 0.500. The number of hydrogen-bond donors (Lipinski definition) is 3. The summed E-state index contributed by atoms with van der Waals surface area (Å²) in [6, 6.07) is 12.5. The van der Waals surface area contributed by atoms with Crippen molar-refractivity contribution < 1.29 is 14.4 Å². The Labute approximate surface area is 195 Å². The lowest BCUT2D eigenvalue weighted by atomic mass is 9.86. The highest BCUT2D eigenvalue weighted by atomic mass is 16.2. The molecular formula is C26H36N4O3. The van der Waals surface area contributed by atoms with Gasteiger partial charge in [0, 0.05) is 18.4 Å². The summed E-state index contributed by atoms with van der Waals surface area (Å²) in [6.07, 6.45) is 3.32. The first-order valence-corrected chi connectivity index (χ1v) is 12.0. The van der Waals surface area contributed by atoms with E-state index in [4.69, 9.17) is 11.5 Å². The predicted molar refractivity (Wildman–Crippen MR) is 130 cm³/mol. The number of carbonyl (C=O) groups excluding carboxylic acids is 3. The molecule has 7 heteroatoms. The van der Waals surface area contributed by atoms with Crippen LogP contribution in [-0.2, 0) is 14.4 Å². The number of amides is 3. The monoisotopic (exact) mass is 452 g/mol. The molecular weight excluding hydrogens is 416 g/mol. The van der Waals surface area contributed by atoms with Crippen LogP contribution < -0.4 is 16.8 Å². The molecule has 1 fully saturated rings. The van der Waals surface area contributed by atoms with Crippen molar-refractivity contribution in [2.75, 3.05) is 13.1 Å². The number of benzene rings is 2. The molecule has 1 heterocycles. The molecule has 0 bridgehead atoms. The van der Waals surface area contributed by atoms with Crippen molar-refractivity contribution in [3.05, 3.63) is 48.0 Å². The Morgan fingerprint density at radius 3 is 2.42 bits per heavy atom. The smallest absolute Gasteiger partial charge is 0.243 e. The molecule has 0 radical (unpaired) electrons. The number of carbonyl (C=O) groups is 3. The van der Waals surface area contributed by atoms with Crippen LogP contribution in [0.1, 0.15) is 57.4 Å². The third kappa shape index (κ3) is 5.53. The van der Waals surface area contributed by atoms with Crippen LogP contribution in [0, 0.1) is 5.92 Å². The van der Waals surface area contributed by atoms with Crippen molar-refractivity contribution in [2.24, 2.45) is 17.4 Å². The van der Waals surface area contributed by atoms with Crippen LogP contribution in [0.4, 0.5) is 0 Å². The zero-order chi connectivity index (χ0) is 24.0.